The van der Waals surface area contributed by atoms with Crippen molar-refractivity contribution >= 4 is 29.7 Å². The maximum atomic E-state index is 13.5. The van der Waals surface area contributed by atoms with Gasteiger partial charge in [0.25, 0.3) is 0 Å². The molecule has 0 aliphatic rings. The van der Waals surface area contributed by atoms with Crippen LogP contribution < -0.4 is 10.6 Å². The number of nitrogens with zero attached hydrogens (tertiary/aromatic N) is 1. The smallest absolute Gasteiger partial charge is 0.408 e. The highest BCUT2D eigenvalue weighted by Gasteiger charge is 2.34. The third-order valence-corrected chi connectivity index (χ3v) is 5.55. The second kappa shape index (κ2) is 13.3. The van der Waals surface area contributed by atoms with Gasteiger partial charge in [-0.25, -0.2) is 4.79 Å². The number of ether oxygens (including phenoxy) is 1. The van der Waals surface area contributed by atoms with Gasteiger partial charge in [-0.2, -0.15) is 11.8 Å². The first-order chi connectivity index (χ1) is 15.4. The quantitative estimate of drug-likeness (QED) is 0.443. The summed E-state index contributed by atoms with van der Waals surface area (Å²) in [5.74, 6) is -0.00996. The Kier molecular flexibility index (Phi) is 11.6. The predicted molar refractivity (Wildman–Crippen MR) is 132 cm³/mol. The van der Waals surface area contributed by atoms with E-state index in [0.29, 0.717) is 17.7 Å². The zero-order chi connectivity index (χ0) is 25.2. The fourth-order valence-corrected chi connectivity index (χ4v) is 3.82. The summed E-state index contributed by atoms with van der Waals surface area (Å²) >= 11 is 1.56. The van der Waals surface area contributed by atoms with E-state index in [1.807, 2.05) is 20.1 Å². The molecule has 0 aliphatic heterocycles. The molecule has 3 unspecified atom stereocenters. The van der Waals surface area contributed by atoms with Crippen LogP contribution in [0.4, 0.5) is 4.79 Å². The molecule has 8 nitrogen and oxygen atoms in total. The highest BCUT2D eigenvalue weighted by atomic mass is 32.2. The molecule has 0 fully saturated rings. The predicted octanol–water partition coefficient (Wildman–Crippen LogP) is 3.84. The summed E-state index contributed by atoms with van der Waals surface area (Å²) in [5.41, 5.74) is -0.141. The molecule has 0 spiro atoms. The molecule has 1 aromatic carbocycles. The molecule has 0 radical (unpaired) electrons. The van der Waals surface area contributed by atoms with Gasteiger partial charge in [-0.15, -0.1) is 0 Å². The molecular formula is C24H39N3O5S. The number of hydrogen-bond donors (Lipinski definition) is 3. The number of phenols is 1. The van der Waals surface area contributed by atoms with E-state index in [1.54, 1.807) is 51.7 Å². The molecule has 9 heteroatoms. The number of likely N-dealkylation sites (N-methyl/N-ethyl adjacent to an activating group) is 1. The van der Waals surface area contributed by atoms with Gasteiger partial charge in [-0.1, -0.05) is 25.5 Å². The van der Waals surface area contributed by atoms with Crippen LogP contribution in [0.15, 0.2) is 24.3 Å². The van der Waals surface area contributed by atoms with Crippen molar-refractivity contribution in [3.63, 3.8) is 0 Å². The standard InChI is InChI=1S/C24H39N3O5S/c1-8-9-16(2)25-21(29)20(17-10-12-18(28)13-11-17)27(6)22(30)19(14-15-33-7)26-23(31)32-24(3,4)5/h10-13,16,19-20,28H,8-9,14-15H2,1-7H3,(H,25,29)(H,26,31). The number of carbonyl (C=O) groups excluding carboxylic acids is 3. The zero-order valence-electron chi connectivity index (χ0n) is 20.8. The van der Waals surface area contributed by atoms with E-state index in [9.17, 15) is 19.5 Å². The number of nitrogens with one attached hydrogen (secondary N) is 2. The molecule has 0 saturated carbocycles. The number of phenolic OH excluding ortho intramolecular Hbond substituents is 1. The summed E-state index contributed by atoms with van der Waals surface area (Å²) in [6.45, 7) is 9.21. The van der Waals surface area contributed by atoms with Crippen molar-refractivity contribution in [3.8, 4) is 5.75 Å². The largest absolute Gasteiger partial charge is 0.508 e. The molecule has 0 saturated heterocycles. The summed E-state index contributed by atoms with van der Waals surface area (Å²) in [6, 6.07) is 4.37. The first-order valence-corrected chi connectivity index (χ1v) is 12.6. The highest BCUT2D eigenvalue weighted by Crippen LogP contribution is 2.24. The fraction of sp³-hybridized carbons (Fsp3) is 0.625. The van der Waals surface area contributed by atoms with Gasteiger partial charge in [0, 0.05) is 13.1 Å². The van der Waals surface area contributed by atoms with Crippen molar-refractivity contribution < 1.29 is 24.2 Å². The van der Waals surface area contributed by atoms with Gasteiger partial charge in [-0.3, -0.25) is 9.59 Å². The van der Waals surface area contributed by atoms with E-state index in [-0.39, 0.29) is 17.7 Å². The van der Waals surface area contributed by atoms with Crippen LogP contribution in [0, 0.1) is 0 Å². The van der Waals surface area contributed by atoms with Crippen LogP contribution in [0.25, 0.3) is 0 Å². The Morgan fingerprint density at radius 1 is 1.12 bits per heavy atom. The first kappa shape index (κ1) is 28.6. The van der Waals surface area contributed by atoms with Gasteiger partial charge in [-0.05, 0) is 70.2 Å². The van der Waals surface area contributed by atoms with Gasteiger partial charge < -0.3 is 25.4 Å². The van der Waals surface area contributed by atoms with Crippen LogP contribution in [-0.2, 0) is 14.3 Å². The Balaban J connectivity index is 3.19. The third kappa shape index (κ3) is 9.94. The Labute approximate surface area is 201 Å². The molecule has 0 aliphatic carbocycles. The van der Waals surface area contributed by atoms with Crippen molar-refractivity contribution in [2.24, 2.45) is 0 Å². The van der Waals surface area contributed by atoms with Gasteiger partial charge in [0.2, 0.25) is 11.8 Å². The van der Waals surface area contributed by atoms with E-state index in [0.717, 1.165) is 12.8 Å². The summed E-state index contributed by atoms with van der Waals surface area (Å²) in [4.78, 5) is 40.4. The lowest BCUT2D eigenvalue weighted by atomic mass is 10.0. The second-order valence-electron chi connectivity index (χ2n) is 9.12. The maximum Gasteiger partial charge on any atom is 0.408 e. The van der Waals surface area contributed by atoms with E-state index < -0.39 is 29.7 Å². The molecule has 1 rings (SSSR count). The van der Waals surface area contributed by atoms with Gasteiger partial charge in [0.1, 0.15) is 23.4 Å². The van der Waals surface area contributed by atoms with Crippen molar-refractivity contribution in [1.82, 2.24) is 15.5 Å². The fourth-order valence-electron chi connectivity index (χ4n) is 3.35. The lowest BCUT2D eigenvalue weighted by Gasteiger charge is -2.32. The van der Waals surface area contributed by atoms with Crippen LogP contribution in [0.3, 0.4) is 0 Å². The Bertz CT molecular complexity index is 779. The number of amides is 3. The van der Waals surface area contributed by atoms with E-state index in [4.69, 9.17) is 4.74 Å². The average molecular weight is 482 g/mol. The lowest BCUT2D eigenvalue weighted by Crippen LogP contribution is -2.52. The zero-order valence-corrected chi connectivity index (χ0v) is 21.6. The Morgan fingerprint density at radius 2 is 1.73 bits per heavy atom. The molecule has 0 bridgehead atoms. The van der Waals surface area contributed by atoms with Crippen LogP contribution in [0.2, 0.25) is 0 Å². The Hall–Kier alpha value is -2.42. The maximum absolute atomic E-state index is 13.5. The average Bonchev–Trinajstić information content (AvgIpc) is 2.70. The molecule has 0 aromatic heterocycles. The second-order valence-corrected chi connectivity index (χ2v) is 10.1. The lowest BCUT2D eigenvalue weighted by molar-refractivity contribution is -0.141. The third-order valence-electron chi connectivity index (χ3n) is 4.90. The van der Waals surface area contributed by atoms with Gasteiger partial charge >= 0.3 is 6.09 Å². The number of hydrogen-bond acceptors (Lipinski definition) is 6. The molecule has 186 valence electrons. The molecule has 1 aromatic rings. The summed E-state index contributed by atoms with van der Waals surface area (Å²) in [7, 11) is 1.55. The van der Waals surface area contributed by atoms with E-state index in [2.05, 4.69) is 10.6 Å². The minimum Gasteiger partial charge on any atom is -0.508 e. The number of aromatic hydroxyl groups is 1. The molecule has 3 amide bonds. The minimum absolute atomic E-state index is 0.0576. The molecule has 3 atom stereocenters. The van der Waals surface area contributed by atoms with Crippen LogP contribution in [0.1, 0.15) is 65.5 Å². The Morgan fingerprint density at radius 3 is 2.24 bits per heavy atom. The van der Waals surface area contributed by atoms with Crippen molar-refractivity contribution in [1.29, 1.82) is 0 Å². The van der Waals surface area contributed by atoms with Crippen molar-refractivity contribution in [3.05, 3.63) is 29.8 Å². The molecule has 3 N–H and O–H groups in total. The molecule has 33 heavy (non-hydrogen) atoms. The number of thioether (sulfide) groups is 1. The first-order valence-electron chi connectivity index (χ1n) is 11.2. The SMILES string of the molecule is CCCC(C)NC(=O)C(c1ccc(O)cc1)N(C)C(=O)C(CCSC)NC(=O)OC(C)(C)C. The van der Waals surface area contributed by atoms with Gasteiger partial charge in [0.15, 0.2) is 0 Å². The van der Waals surface area contributed by atoms with Gasteiger partial charge in [0.05, 0.1) is 0 Å². The van der Waals surface area contributed by atoms with Crippen LogP contribution in [0.5, 0.6) is 5.75 Å². The minimum atomic E-state index is -0.922. The van der Waals surface area contributed by atoms with Crippen molar-refractivity contribution in [2.75, 3.05) is 19.1 Å². The van der Waals surface area contributed by atoms with E-state index in [1.165, 1.54) is 17.0 Å². The number of carbonyl (C=O) groups is 3. The molecule has 0 heterocycles. The van der Waals surface area contributed by atoms with E-state index >= 15 is 0 Å². The summed E-state index contributed by atoms with van der Waals surface area (Å²) < 4.78 is 5.33. The van der Waals surface area contributed by atoms with Crippen LogP contribution in [-0.4, -0.2) is 64.7 Å². The highest BCUT2D eigenvalue weighted by molar-refractivity contribution is 7.98. The topological polar surface area (TPSA) is 108 Å². The number of rotatable bonds is 11. The summed E-state index contributed by atoms with van der Waals surface area (Å²) in [5, 5.41) is 15.3. The monoisotopic (exact) mass is 481 g/mol. The summed E-state index contributed by atoms with van der Waals surface area (Å²) in [6.07, 6.45) is 3.34. The molecular weight excluding hydrogens is 442 g/mol. The van der Waals surface area contributed by atoms with Crippen LogP contribution >= 0.6 is 11.8 Å². The normalized spacial score (nSPS) is 14.0. The van der Waals surface area contributed by atoms with Crippen molar-refractivity contribution in [2.45, 2.75) is 77.6 Å². The number of alkyl carbamates (subject to hydrolysis) is 1. The number of benzene rings is 1.